The van der Waals surface area contributed by atoms with Crippen LogP contribution in [0.25, 0.3) is 0 Å². The highest BCUT2D eigenvalue weighted by molar-refractivity contribution is 5.93. The number of aryl methyl sites for hydroxylation is 2. The molecule has 0 saturated heterocycles. The minimum atomic E-state index is -0.201. The maximum atomic E-state index is 12.8. The smallest absolute Gasteiger partial charge is 0.290 e. The fourth-order valence-corrected chi connectivity index (χ4v) is 3.41. The van der Waals surface area contributed by atoms with Crippen LogP contribution in [0.3, 0.4) is 0 Å². The van der Waals surface area contributed by atoms with Gasteiger partial charge in [0.1, 0.15) is 12.7 Å². The summed E-state index contributed by atoms with van der Waals surface area (Å²) in [5.74, 6) is 0.162. The molecule has 1 atom stereocenters. The number of rotatable bonds is 6. The van der Waals surface area contributed by atoms with Crippen LogP contribution in [-0.4, -0.2) is 25.8 Å². The van der Waals surface area contributed by atoms with Crippen LogP contribution in [0.4, 0.5) is 0 Å². The average Bonchev–Trinajstić information content (AvgIpc) is 3.35. The summed E-state index contributed by atoms with van der Waals surface area (Å²) in [6, 6.07) is 9.80. The number of aromatic nitrogens is 4. The van der Waals surface area contributed by atoms with Gasteiger partial charge in [-0.2, -0.15) is 5.10 Å². The van der Waals surface area contributed by atoms with Crippen molar-refractivity contribution in [2.75, 3.05) is 0 Å². The number of carbonyl (C=O) groups is 1. The SMILES string of the molecule is O=C(N[C@H](CCn1cncn1)c1ccccc1)c1onc2c1CCCC2. The van der Waals surface area contributed by atoms with Crippen LogP contribution in [0, 0.1) is 0 Å². The first-order valence-corrected chi connectivity index (χ1v) is 8.97. The molecular formula is C19H21N5O2. The van der Waals surface area contributed by atoms with Gasteiger partial charge in [0.2, 0.25) is 5.76 Å². The molecule has 0 fully saturated rings. The maximum absolute atomic E-state index is 12.8. The molecule has 1 N–H and O–H groups in total. The molecule has 7 nitrogen and oxygen atoms in total. The molecule has 0 radical (unpaired) electrons. The first kappa shape index (κ1) is 16.5. The average molecular weight is 351 g/mol. The molecule has 1 amide bonds. The third-order valence-electron chi connectivity index (χ3n) is 4.79. The number of fused-ring (bicyclic) bond motifs is 1. The number of nitrogens with zero attached hydrogens (tertiary/aromatic N) is 4. The van der Waals surface area contributed by atoms with Crippen LogP contribution >= 0.6 is 0 Å². The maximum Gasteiger partial charge on any atom is 0.290 e. The topological polar surface area (TPSA) is 85.8 Å². The fraction of sp³-hybridized carbons (Fsp3) is 0.368. The number of benzene rings is 1. The van der Waals surface area contributed by atoms with E-state index in [1.54, 1.807) is 11.0 Å². The summed E-state index contributed by atoms with van der Waals surface area (Å²) >= 11 is 0. The highest BCUT2D eigenvalue weighted by atomic mass is 16.5. The molecule has 0 spiro atoms. The van der Waals surface area contributed by atoms with Crippen molar-refractivity contribution >= 4 is 5.91 Å². The van der Waals surface area contributed by atoms with Crippen molar-refractivity contribution in [3.63, 3.8) is 0 Å². The largest absolute Gasteiger partial charge is 0.350 e. The minimum absolute atomic E-state index is 0.141. The zero-order valence-corrected chi connectivity index (χ0v) is 14.5. The van der Waals surface area contributed by atoms with Gasteiger partial charge in [-0.1, -0.05) is 35.5 Å². The zero-order valence-electron chi connectivity index (χ0n) is 14.5. The Morgan fingerprint density at radius 2 is 2.08 bits per heavy atom. The Labute approximate surface area is 151 Å². The van der Waals surface area contributed by atoms with Crippen molar-refractivity contribution < 1.29 is 9.32 Å². The molecule has 1 aromatic carbocycles. The number of amides is 1. The van der Waals surface area contributed by atoms with Crippen LogP contribution in [-0.2, 0) is 19.4 Å². The van der Waals surface area contributed by atoms with Gasteiger partial charge in [-0.05, 0) is 37.7 Å². The predicted molar refractivity (Wildman–Crippen MR) is 94.4 cm³/mol. The highest BCUT2D eigenvalue weighted by Gasteiger charge is 2.26. The van der Waals surface area contributed by atoms with Crippen LogP contribution in [0.1, 0.15) is 52.7 Å². The molecule has 1 aliphatic rings. The molecule has 0 unspecified atom stereocenters. The molecule has 2 heterocycles. The van der Waals surface area contributed by atoms with Crippen LogP contribution < -0.4 is 5.32 Å². The molecule has 0 aliphatic heterocycles. The second-order valence-corrected chi connectivity index (χ2v) is 6.53. The second-order valence-electron chi connectivity index (χ2n) is 6.53. The van der Waals surface area contributed by atoms with Crippen molar-refractivity contribution in [1.82, 2.24) is 25.2 Å². The van der Waals surface area contributed by atoms with Gasteiger partial charge in [-0.25, -0.2) is 4.98 Å². The van der Waals surface area contributed by atoms with E-state index in [9.17, 15) is 4.79 Å². The molecule has 2 aromatic heterocycles. The fourth-order valence-electron chi connectivity index (χ4n) is 3.41. The summed E-state index contributed by atoms with van der Waals surface area (Å²) in [5.41, 5.74) is 2.95. The lowest BCUT2D eigenvalue weighted by molar-refractivity contribution is 0.0894. The predicted octanol–water partition coefficient (Wildman–Crippen LogP) is 2.71. The summed E-state index contributed by atoms with van der Waals surface area (Å²) in [7, 11) is 0. The molecule has 0 bridgehead atoms. The Balaban J connectivity index is 1.52. The van der Waals surface area contributed by atoms with Crippen molar-refractivity contribution in [3.05, 3.63) is 65.6 Å². The first-order valence-electron chi connectivity index (χ1n) is 8.97. The summed E-state index contributed by atoms with van der Waals surface area (Å²) in [6.07, 6.45) is 7.81. The van der Waals surface area contributed by atoms with E-state index in [1.807, 2.05) is 30.3 Å². The first-order chi connectivity index (χ1) is 12.8. The lowest BCUT2D eigenvalue weighted by Gasteiger charge is -2.19. The monoisotopic (exact) mass is 351 g/mol. The third-order valence-corrected chi connectivity index (χ3v) is 4.79. The standard InChI is InChI=1S/C19H21N5O2/c25-19(18-15-8-4-5-9-17(15)23-26-18)22-16(14-6-2-1-3-7-14)10-11-24-13-20-12-21-24/h1-3,6-7,12-13,16H,4-5,8-11H2,(H,22,25)/t16-/m1/s1. The number of hydrogen-bond acceptors (Lipinski definition) is 5. The van der Waals surface area contributed by atoms with Crippen molar-refractivity contribution in [2.45, 2.75) is 44.7 Å². The summed E-state index contributed by atoms with van der Waals surface area (Å²) in [6.45, 7) is 0.661. The minimum Gasteiger partial charge on any atom is -0.350 e. The van der Waals surface area contributed by atoms with Gasteiger partial charge < -0.3 is 9.84 Å². The van der Waals surface area contributed by atoms with Gasteiger partial charge in [0.15, 0.2) is 0 Å². The summed E-state index contributed by atoms with van der Waals surface area (Å²) in [4.78, 5) is 16.8. The van der Waals surface area contributed by atoms with Gasteiger partial charge in [-0.3, -0.25) is 9.48 Å². The Morgan fingerprint density at radius 1 is 1.23 bits per heavy atom. The Morgan fingerprint density at radius 3 is 2.88 bits per heavy atom. The third kappa shape index (κ3) is 3.51. The van der Waals surface area contributed by atoms with E-state index in [1.165, 1.54) is 6.33 Å². The van der Waals surface area contributed by atoms with Gasteiger partial charge in [0.25, 0.3) is 5.91 Å². The number of hydrogen-bond donors (Lipinski definition) is 1. The van der Waals surface area contributed by atoms with Crippen molar-refractivity contribution in [3.8, 4) is 0 Å². The lowest BCUT2D eigenvalue weighted by Crippen LogP contribution is -2.30. The number of nitrogens with one attached hydrogen (secondary N) is 1. The van der Waals surface area contributed by atoms with Gasteiger partial charge in [-0.15, -0.1) is 0 Å². The summed E-state index contributed by atoms with van der Waals surface area (Å²) in [5, 5.41) is 11.3. The molecule has 26 heavy (non-hydrogen) atoms. The van der Waals surface area contributed by atoms with Gasteiger partial charge >= 0.3 is 0 Å². The van der Waals surface area contributed by atoms with E-state index in [0.29, 0.717) is 18.7 Å². The number of carbonyl (C=O) groups excluding carboxylic acids is 1. The van der Waals surface area contributed by atoms with E-state index in [2.05, 4.69) is 20.6 Å². The van der Waals surface area contributed by atoms with Crippen LogP contribution in [0.5, 0.6) is 0 Å². The van der Waals surface area contributed by atoms with E-state index in [0.717, 1.165) is 42.5 Å². The van der Waals surface area contributed by atoms with Crippen LogP contribution in [0.2, 0.25) is 0 Å². The Kier molecular flexibility index (Phi) is 4.77. The van der Waals surface area contributed by atoms with Gasteiger partial charge in [0, 0.05) is 12.1 Å². The molecule has 4 rings (SSSR count). The second kappa shape index (κ2) is 7.51. The normalized spacial score (nSPS) is 14.6. The Hall–Kier alpha value is -2.96. The van der Waals surface area contributed by atoms with E-state index in [4.69, 9.17) is 4.52 Å². The Bertz CT molecular complexity index is 857. The van der Waals surface area contributed by atoms with Crippen LogP contribution in [0.15, 0.2) is 47.5 Å². The highest BCUT2D eigenvalue weighted by Crippen LogP contribution is 2.25. The molecule has 7 heteroatoms. The molecule has 3 aromatic rings. The lowest BCUT2D eigenvalue weighted by atomic mass is 9.95. The quantitative estimate of drug-likeness (QED) is 0.738. The van der Waals surface area contributed by atoms with Crippen molar-refractivity contribution in [1.29, 1.82) is 0 Å². The van der Waals surface area contributed by atoms with E-state index >= 15 is 0 Å². The zero-order chi connectivity index (χ0) is 17.8. The van der Waals surface area contributed by atoms with E-state index in [-0.39, 0.29) is 11.9 Å². The van der Waals surface area contributed by atoms with Crippen molar-refractivity contribution in [2.24, 2.45) is 0 Å². The molecule has 0 saturated carbocycles. The molecule has 1 aliphatic carbocycles. The van der Waals surface area contributed by atoms with Gasteiger partial charge in [0.05, 0.1) is 11.7 Å². The molecular weight excluding hydrogens is 330 g/mol. The summed E-state index contributed by atoms with van der Waals surface area (Å²) < 4.78 is 7.14. The molecule has 134 valence electrons. The van der Waals surface area contributed by atoms with E-state index < -0.39 is 0 Å².